The minimum Gasteiger partial charge on any atom is -0.346 e. The van der Waals surface area contributed by atoms with Crippen LogP contribution in [0, 0.1) is 5.92 Å². The van der Waals surface area contributed by atoms with E-state index >= 15 is 0 Å². The highest BCUT2D eigenvalue weighted by Gasteiger charge is 2.16. The van der Waals surface area contributed by atoms with E-state index in [4.69, 9.17) is 0 Å². The summed E-state index contributed by atoms with van der Waals surface area (Å²) in [5.74, 6) is 0.930. The van der Waals surface area contributed by atoms with Gasteiger partial charge < -0.3 is 4.98 Å². The lowest BCUT2D eigenvalue weighted by atomic mass is 9.98. The van der Waals surface area contributed by atoms with Gasteiger partial charge in [0.1, 0.15) is 5.65 Å². The maximum absolute atomic E-state index is 11.0. The third-order valence-corrected chi connectivity index (χ3v) is 4.36. The van der Waals surface area contributed by atoms with Crippen LogP contribution in [0.4, 0.5) is 0 Å². The van der Waals surface area contributed by atoms with Crippen LogP contribution in [-0.4, -0.2) is 15.8 Å². The molecule has 1 saturated carbocycles. The fourth-order valence-corrected chi connectivity index (χ4v) is 3.28. The summed E-state index contributed by atoms with van der Waals surface area (Å²) in [5, 5.41) is 1.19. The average Bonchev–Trinajstić information content (AvgIpc) is 3.09. The Balaban J connectivity index is 1.79. The Morgan fingerprint density at radius 1 is 1.43 bits per heavy atom. The first-order chi connectivity index (χ1) is 10.2. The number of fused-ring (bicyclic) bond motifs is 1. The number of hydrogen-bond donors (Lipinski definition) is 1. The smallest absolute Gasteiger partial charge is 0.152 e. The summed E-state index contributed by atoms with van der Waals surface area (Å²) in [6, 6.07) is 2.27. The number of aromatic amines is 1. The number of nitrogens with one attached hydrogen (secondary N) is 1. The van der Waals surface area contributed by atoms with Crippen molar-refractivity contribution < 1.29 is 4.79 Å². The van der Waals surface area contributed by atoms with Gasteiger partial charge in [-0.3, -0.25) is 4.79 Å². The lowest BCUT2D eigenvalue weighted by Gasteiger charge is -2.08. The first-order valence-corrected chi connectivity index (χ1v) is 7.84. The molecule has 1 fully saturated rings. The van der Waals surface area contributed by atoms with Gasteiger partial charge in [0, 0.05) is 17.8 Å². The molecule has 0 unspecified atom stereocenters. The average molecular weight is 282 g/mol. The Morgan fingerprint density at radius 2 is 2.24 bits per heavy atom. The van der Waals surface area contributed by atoms with E-state index < -0.39 is 0 Å². The fourth-order valence-electron chi connectivity index (χ4n) is 3.28. The number of ketones is 1. The number of rotatable bonds is 5. The van der Waals surface area contributed by atoms with Crippen LogP contribution >= 0.6 is 0 Å². The Bertz CT molecular complexity index is 663. The summed E-state index contributed by atoms with van der Waals surface area (Å²) < 4.78 is 0. The van der Waals surface area contributed by atoms with E-state index in [2.05, 4.69) is 16.0 Å². The molecule has 1 aliphatic rings. The minimum atomic E-state index is 0.0925. The van der Waals surface area contributed by atoms with Crippen molar-refractivity contribution in [2.45, 2.75) is 45.4 Å². The first-order valence-electron chi connectivity index (χ1n) is 7.84. The molecule has 0 radical (unpaired) electrons. The van der Waals surface area contributed by atoms with Crippen molar-refractivity contribution in [3.8, 4) is 0 Å². The maximum atomic E-state index is 11.0. The van der Waals surface area contributed by atoms with E-state index in [1.807, 2.05) is 18.5 Å². The van der Waals surface area contributed by atoms with Crippen molar-refractivity contribution in [1.82, 2.24) is 9.97 Å². The van der Waals surface area contributed by atoms with Crippen molar-refractivity contribution in [3.05, 3.63) is 41.7 Å². The molecule has 1 N–H and O–H groups in total. The topological polar surface area (TPSA) is 45.8 Å². The highest BCUT2D eigenvalue weighted by atomic mass is 16.1. The molecular formula is C18H22N2O. The second kappa shape index (κ2) is 6.25. The van der Waals surface area contributed by atoms with Gasteiger partial charge in [-0.15, -0.1) is 0 Å². The quantitative estimate of drug-likeness (QED) is 0.843. The highest BCUT2D eigenvalue weighted by Crippen LogP contribution is 2.29. The van der Waals surface area contributed by atoms with Gasteiger partial charge in [-0.25, -0.2) is 4.98 Å². The SMILES string of the molecule is CC(=O)/C=C/Cc1c[nH]c2ncc(CC3CCCC3)cc12. The minimum absolute atomic E-state index is 0.0925. The zero-order chi connectivity index (χ0) is 14.7. The molecule has 0 spiro atoms. The second-order valence-electron chi connectivity index (χ2n) is 6.13. The highest BCUT2D eigenvalue weighted by molar-refractivity contribution is 5.87. The van der Waals surface area contributed by atoms with Crippen LogP contribution in [0.15, 0.2) is 30.6 Å². The molecule has 0 aromatic carbocycles. The van der Waals surface area contributed by atoms with Crippen molar-refractivity contribution >= 4 is 16.8 Å². The molecule has 3 heteroatoms. The first kappa shape index (κ1) is 14.1. The molecule has 110 valence electrons. The van der Waals surface area contributed by atoms with Crippen LogP contribution in [0.5, 0.6) is 0 Å². The summed E-state index contributed by atoms with van der Waals surface area (Å²) in [7, 11) is 0. The van der Waals surface area contributed by atoms with E-state index in [1.54, 1.807) is 13.0 Å². The molecule has 0 atom stereocenters. The van der Waals surface area contributed by atoms with Gasteiger partial charge in [-0.2, -0.15) is 0 Å². The molecule has 1 aliphatic carbocycles. The maximum Gasteiger partial charge on any atom is 0.152 e. The van der Waals surface area contributed by atoms with Gasteiger partial charge in [0.15, 0.2) is 5.78 Å². The monoisotopic (exact) mass is 282 g/mol. The summed E-state index contributed by atoms with van der Waals surface area (Å²) in [4.78, 5) is 18.7. The summed E-state index contributed by atoms with van der Waals surface area (Å²) in [5.41, 5.74) is 3.49. The van der Waals surface area contributed by atoms with Crippen molar-refractivity contribution in [2.24, 2.45) is 5.92 Å². The van der Waals surface area contributed by atoms with Gasteiger partial charge in [0.2, 0.25) is 0 Å². The van der Waals surface area contributed by atoms with Crippen molar-refractivity contribution in [2.75, 3.05) is 0 Å². The van der Waals surface area contributed by atoms with E-state index in [9.17, 15) is 4.79 Å². The predicted octanol–water partition coefficient (Wildman–Crippen LogP) is 3.98. The predicted molar refractivity (Wildman–Crippen MR) is 85.3 cm³/mol. The summed E-state index contributed by atoms with van der Waals surface area (Å²) in [6.07, 6.45) is 15.0. The Labute approximate surface area is 125 Å². The van der Waals surface area contributed by atoms with Gasteiger partial charge in [-0.05, 0) is 49.0 Å². The van der Waals surface area contributed by atoms with E-state index in [1.165, 1.54) is 42.2 Å². The van der Waals surface area contributed by atoms with Crippen LogP contribution in [0.2, 0.25) is 0 Å². The Hall–Kier alpha value is -1.90. The molecule has 2 aromatic rings. The van der Waals surface area contributed by atoms with Gasteiger partial charge in [0.25, 0.3) is 0 Å². The molecule has 0 saturated heterocycles. The number of aromatic nitrogens is 2. The molecule has 2 heterocycles. The van der Waals surface area contributed by atoms with Crippen LogP contribution in [-0.2, 0) is 17.6 Å². The van der Waals surface area contributed by atoms with Crippen LogP contribution < -0.4 is 0 Å². The third kappa shape index (κ3) is 3.41. The lowest BCUT2D eigenvalue weighted by molar-refractivity contribution is -0.112. The van der Waals surface area contributed by atoms with Gasteiger partial charge >= 0.3 is 0 Å². The number of allylic oxidation sites excluding steroid dienone is 2. The zero-order valence-corrected chi connectivity index (χ0v) is 12.6. The van der Waals surface area contributed by atoms with E-state index in [-0.39, 0.29) is 5.78 Å². The Morgan fingerprint density at radius 3 is 3.00 bits per heavy atom. The molecule has 0 amide bonds. The van der Waals surface area contributed by atoms with Gasteiger partial charge in [-0.1, -0.05) is 31.8 Å². The number of carbonyl (C=O) groups excluding carboxylic acids is 1. The summed E-state index contributed by atoms with van der Waals surface area (Å²) >= 11 is 0. The number of nitrogens with zero attached hydrogens (tertiary/aromatic N) is 1. The van der Waals surface area contributed by atoms with Crippen LogP contribution in [0.25, 0.3) is 11.0 Å². The van der Waals surface area contributed by atoms with Crippen molar-refractivity contribution in [1.29, 1.82) is 0 Å². The Kier molecular flexibility index (Phi) is 4.18. The molecule has 3 nitrogen and oxygen atoms in total. The van der Waals surface area contributed by atoms with Crippen LogP contribution in [0.1, 0.15) is 43.7 Å². The molecule has 21 heavy (non-hydrogen) atoms. The van der Waals surface area contributed by atoms with Crippen LogP contribution in [0.3, 0.4) is 0 Å². The van der Waals surface area contributed by atoms with E-state index in [0.717, 1.165) is 24.4 Å². The largest absolute Gasteiger partial charge is 0.346 e. The fraction of sp³-hybridized carbons (Fsp3) is 0.444. The normalized spacial score (nSPS) is 16.2. The van der Waals surface area contributed by atoms with E-state index in [0.29, 0.717) is 0 Å². The third-order valence-electron chi connectivity index (χ3n) is 4.36. The molecule has 0 bridgehead atoms. The lowest BCUT2D eigenvalue weighted by Crippen LogP contribution is -1.99. The second-order valence-corrected chi connectivity index (χ2v) is 6.13. The standard InChI is InChI=1S/C18H22N2O/c1-13(21)5-4-8-16-12-20-18-17(16)10-15(11-19-18)9-14-6-2-3-7-14/h4-5,10-12,14H,2-3,6-9H2,1H3,(H,19,20)/b5-4+. The molecule has 0 aliphatic heterocycles. The number of pyridine rings is 1. The number of H-pyrrole nitrogens is 1. The number of hydrogen-bond acceptors (Lipinski definition) is 2. The molecule has 3 rings (SSSR count). The zero-order valence-electron chi connectivity index (χ0n) is 12.6. The number of carbonyl (C=O) groups is 1. The van der Waals surface area contributed by atoms with Gasteiger partial charge in [0.05, 0.1) is 0 Å². The molecule has 2 aromatic heterocycles. The summed E-state index contributed by atoms with van der Waals surface area (Å²) in [6.45, 7) is 1.58. The van der Waals surface area contributed by atoms with Crippen molar-refractivity contribution in [3.63, 3.8) is 0 Å². The molecular weight excluding hydrogens is 260 g/mol.